The molecule has 2 heterocycles. The van der Waals surface area contributed by atoms with Crippen LogP contribution in [0.5, 0.6) is 0 Å². The molecule has 0 N–H and O–H groups in total. The lowest BCUT2D eigenvalue weighted by atomic mass is 10.1. The quantitative estimate of drug-likeness (QED) is 0.275. The number of hydrogen-bond donors (Lipinski definition) is 0. The second-order valence-corrected chi connectivity index (χ2v) is 9.88. The van der Waals surface area contributed by atoms with Gasteiger partial charge in [-0.15, -0.1) is 0 Å². The second-order valence-electron chi connectivity index (χ2n) is 9.48. The highest BCUT2D eigenvalue weighted by molar-refractivity contribution is 6.33. The normalized spacial score (nSPS) is 14.3. The van der Waals surface area contributed by atoms with Crippen LogP contribution in [-0.2, 0) is 25.8 Å². The number of rotatable bonds is 7. The summed E-state index contributed by atoms with van der Waals surface area (Å²) in [6.45, 7) is 3.20. The third-order valence-corrected chi connectivity index (χ3v) is 6.69. The highest BCUT2D eigenvalue weighted by atomic mass is 35.5. The van der Waals surface area contributed by atoms with Gasteiger partial charge in [-0.25, -0.2) is 9.37 Å². The van der Waals surface area contributed by atoms with Crippen molar-refractivity contribution in [3.05, 3.63) is 75.3 Å². The molecule has 38 heavy (non-hydrogen) atoms. The van der Waals surface area contributed by atoms with Crippen LogP contribution in [0, 0.1) is 19.7 Å². The molecule has 0 bridgehead atoms. The molecular weight excluding hydrogens is 537 g/mol. The monoisotopic (exact) mass is 562 g/mol. The first-order valence-electron chi connectivity index (χ1n) is 12.0. The number of benzene rings is 2. The van der Waals surface area contributed by atoms with Gasteiger partial charge in [0, 0.05) is 32.7 Å². The summed E-state index contributed by atoms with van der Waals surface area (Å²) in [6, 6.07) is 8.71. The highest BCUT2D eigenvalue weighted by Gasteiger charge is 2.41. The van der Waals surface area contributed by atoms with Gasteiger partial charge < -0.3 is 9.47 Å². The zero-order chi connectivity index (χ0) is 27.8. The van der Waals surface area contributed by atoms with Crippen molar-refractivity contribution in [2.75, 3.05) is 18.0 Å². The fourth-order valence-electron chi connectivity index (χ4n) is 4.81. The number of halogens is 8. The fourth-order valence-corrected chi connectivity index (χ4v) is 5.23. The first-order chi connectivity index (χ1) is 17.7. The lowest BCUT2D eigenvalue weighted by molar-refractivity contribution is -0.143. The van der Waals surface area contributed by atoms with Crippen molar-refractivity contribution < 1.29 is 30.7 Å². The summed E-state index contributed by atoms with van der Waals surface area (Å²) in [5, 5.41) is 0.372. The molecule has 2 aromatic carbocycles. The molecular formula is C26H26ClF7N4. The van der Waals surface area contributed by atoms with Gasteiger partial charge >= 0.3 is 12.4 Å². The van der Waals surface area contributed by atoms with Crippen LogP contribution in [0.3, 0.4) is 0 Å². The Hall–Kier alpha value is -2.79. The minimum absolute atomic E-state index is 0.0463. The lowest BCUT2D eigenvalue weighted by Gasteiger charge is -2.32. The zero-order valence-corrected chi connectivity index (χ0v) is 21.5. The number of aromatic nitrogens is 2. The Balaban J connectivity index is 1.76. The minimum Gasteiger partial charge on any atom is -0.312 e. The van der Waals surface area contributed by atoms with Crippen LogP contribution >= 0.6 is 11.6 Å². The molecule has 0 saturated heterocycles. The molecule has 12 heteroatoms. The fraction of sp³-hybridized carbons (Fsp3) is 0.423. The van der Waals surface area contributed by atoms with Gasteiger partial charge in [-0.2, -0.15) is 26.3 Å². The number of alkyl halides is 6. The van der Waals surface area contributed by atoms with Crippen LogP contribution in [0.25, 0.3) is 0 Å². The van der Waals surface area contributed by atoms with Crippen LogP contribution in [-0.4, -0.2) is 33.7 Å². The average molecular weight is 563 g/mol. The van der Waals surface area contributed by atoms with Crippen molar-refractivity contribution in [2.45, 2.75) is 58.7 Å². The van der Waals surface area contributed by atoms with Gasteiger partial charge in [-0.3, -0.25) is 4.90 Å². The van der Waals surface area contributed by atoms with Gasteiger partial charge in [0.25, 0.3) is 0 Å². The van der Waals surface area contributed by atoms with E-state index in [9.17, 15) is 30.7 Å². The Morgan fingerprint density at radius 3 is 2.26 bits per heavy atom. The molecule has 1 aliphatic heterocycles. The van der Waals surface area contributed by atoms with E-state index < -0.39 is 43.4 Å². The maximum Gasteiger partial charge on any atom is 0.435 e. The lowest BCUT2D eigenvalue weighted by Crippen LogP contribution is -2.32. The molecule has 206 valence electrons. The first kappa shape index (κ1) is 28.2. The maximum absolute atomic E-state index is 14.2. The van der Waals surface area contributed by atoms with Crippen molar-refractivity contribution in [1.29, 1.82) is 0 Å². The molecule has 0 saturated carbocycles. The second kappa shape index (κ2) is 10.8. The summed E-state index contributed by atoms with van der Waals surface area (Å²) in [7, 11) is 0. The minimum atomic E-state index is -4.83. The van der Waals surface area contributed by atoms with Crippen molar-refractivity contribution in [1.82, 2.24) is 14.5 Å². The zero-order valence-electron chi connectivity index (χ0n) is 20.7. The molecule has 4 nitrogen and oxygen atoms in total. The summed E-state index contributed by atoms with van der Waals surface area (Å²) in [5.41, 5.74) is 1.32. The summed E-state index contributed by atoms with van der Waals surface area (Å²) in [4.78, 5) is 6.89. The predicted molar refractivity (Wildman–Crippen MR) is 131 cm³/mol. The molecule has 0 fully saturated rings. The Labute approximate surface area is 220 Å². The summed E-state index contributed by atoms with van der Waals surface area (Å²) < 4.78 is 96.6. The third kappa shape index (κ3) is 6.43. The summed E-state index contributed by atoms with van der Waals surface area (Å²) in [6.07, 6.45) is -10.1. The van der Waals surface area contributed by atoms with E-state index in [1.165, 1.54) is 21.6 Å². The Morgan fingerprint density at radius 2 is 1.66 bits per heavy atom. The molecule has 0 amide bonds. The van der Waals surface area contributed by atoms with Crippen molar-refractivity contribution >= 4 is 23.2 Å². The van der Waals surface area contributed by atoms with E-state index in [0.29, 0.717) is 29.2 Å². The van der Waals surface area contributed by atoms with Crippen molar-refractivity contribution in [3.63, 3.8) is 0 Å². The SMILES string of the molecule is Cc1cc(C)c(N2CCCn3c2nc(C(F)(F)F)c3CN(CCC(F)(F)F)Cc2ccc(F)cc2)c(Cl)c1. The van der Waals surface area contributed by atoms with Crippen LogP contribution in [0.15, 0.2) is 36.4 Å². The van der Waals surface area contributed by atoms with Crippen LogP contribution < -0.4 is 4.90 Å². The standard InChI is InChI=1S/C26H26ClF7N4/c1-16-12-17(2)22(20(27)13-16)38-10-3-9-37-21(23(26(32,33)34)35-24(37)38)15-36(11-8-25(29,30)31)14-18-4-6-19(28)7-5-18/h4-7,12-13H,3,8-11,14-15H2,1-2H3. The van der Waals surface area contributed by atoms with Gasteiger partial charge in [-0.1, -0.05) is 29.8 Å². The van der Waals surface area contributed by atoms with E-state index in [2.05, 4.69) is 4.98 Å². The highest BCUT2D eigenvalue weighted by Crippen LogP contribution is 2.41. The van der Waals surface area contributed by atoms with E-state index in [4.69, 9.17) is 11.6 Å². The van der Waals surface area contributed by atoms with E-state index in [0.717, 1.165) is 23.3 Å². The van der Waals surface area contributed by atoms with E-state index >= 15 is 0 Å². The number of imidazole rings is 1. The molecule has 1 aromatic heterocycles. The molecule has 1 aliphatic rings. The van der Waals surface area contributed by atoms with E-state index in [1.54, 1.807) is 11.0 Å². The largest absolute Gasteiger partial charge is 0.435 e. The molecule has 0 aliphatic carbocycles. The molecule has 0 unspecified atom stereocenters. The van der Waals surface area contributed by atoms with Crippen LogP contribution in [0.4, 0.5) is 42.4 Å². The summed E-state index contributed by atoms with van der Waals surface area (Å²) >= 11 is 6.50. The summed E-state index contributed by atoms with van der Waals surface area (Å²) in [5.74, 6) is -0.477. The van der Waals surface area contributed by atoms with Gasteiger partial charge in [0.15, 0.2) is 5.69 Å². The first-order valence-corrected chi connectivity index (χ1v) is 12.3. The Morgan fingerprint density at radius 1 is 0.974 bits per heavy atom. The van der Waals surface area contributed by atoms with Gasteiger partial charge in [0.1, 0.15) is 5.82 Å². The molecule has 0 atom stereocenters. The molecule has 4 rings (SSSR count). The van der Waals surface area contributed by atoms with Gasteiger partial charge in [0.05, 0.1) is 22.8 Å². The van der Waals surface area contributed by atoms with Gasteiger partial charge in [-0.05, 0) is 55.2 Å². The van der Waals surface area contributed by atoms with Crippen LogP contribution in [0.2, 0.25) is 5.02 Å². The molecule has 0 radical (unpaired) electrons. The number of fused-ring (bicyclic) bond motifs is 1. The van der Waals surface area contributed by atoms with Crippen molar-refractivity contribution in [3.8, 4) is 0 Å². The Bertz CT molecular complexity index is 1260. The number of nitrogens with zero attached hydrogens (tertiary/aromatic N) is 4. The van der Waals surface area contributed by atoms with Crippen LogP contribution in [0.1, 0.15) is 40.9 Å². The van der Waals surface area contributed by atoms with Gasteiger partial charge in [0.2, 0.25) is 5.95 Å². The third-order valence-electron chi connectivity index (χ3n) is 6.40. The average Bonchev–Trinajstić information content (AvgIpc) is 3.17. The predicted octanol–water partition coefficient (Wildman–Crippen LogP) is 7.81. The molecule has 3 aromatic rings. The topological polar surface area (TPSA) is 24.3 Å². The van der Waals surface area contributed by atoms with Crippen molar-refractivity contribution in [2.24, 2.45) is 0 Å². The number of hydrogen-bond acceptors (Lipinski definition) is 3. The number of anilines is 2. The van der Waals surface area contributed by atoms with E-state index in [1.807, 2.05) is 19.9 Å². The maximum atomic E-state index is 14.2. The Kier molecular flexibility index (Phi) is 7.99. The number of aryl methyl sites for hydroxylation is 2. The molecule has 0 spiro atoms. The van der Waals surface area contributed by atoms with E-state index in [-0.39, 0.29) is 24.7 Å². The smallest absolute Gasteiger partial charge is 0.312 e.